The molecule has 0 bridgehead atoms. The van der Waals surface area contributed by atoms with Gasteiger partial charge in [-0.3, -0.25) is 4.79 Å². The molecule has 0 aromatic heterocycles. The third-order valence-electron chi connectivity index (χ3n) is 5.80. The molecule has 1 aromatic rings. The van der Waals surface area contributed by atoms with Gasteiger partial charge in [0.1, 0.15) is 6.61 Å². The van der Waals surface area contributed by atoms with Crippen molar-refractivity contribution in [3.8, 4) is 0 Å². The zero-order valence-corrected chi connectivity index (χ0v) is 14.9. The molecule has 1 saturated carbocycles. The average molecular weight is 330 g/mol. The van der Waals surface area contributed by atoms with E-state index in [0.29, 0.717) is 11.1 Å². The molecule has 1 fully saturated rings. The van der Waals surface area contributed by atoms with Crippen molar-refractivity contribution in [1.82, 2.24) is 0 Å². The number of carbonyl (C=O) groups excluding carboxylic acids is 1. The zero-order valence-electron chi connectivity index (χ0n) is 14.9. The number of benzene rings is 1. The highest BCUT2D eigenvalue weighted by molar-refractivity contribution is 5.97. The summed E-state index contributed by atoms with van der Waals surface area (Å²) in [6, 6.07) is 3.98. The Morgan fingerprint density at radius 3 is 2.58 bits per heavy atom. The fourth-order valence-electron chi connectivity index (χ4n) is 4.76. The third-order valence-corrected chi connectivity index (χ3v) is 5.80. The van der Waals surface area contributed by atoms with Crippen molar-refractivity contribution in [2.45, 2.75) is 71.3 Å². The Hall–Kier alpha value is -1.84. The number of hydrogen-bond donors (Lipinski definition) is 1. The van der Waals surface area contributed by atoms with Crippen LogP contribution < -0.4 is 0 Å². The van der Waals surface area contributed by atoms with Crippen molar-refractivity contribution < 1.29 is 19.4 Å². The summed E-state index contributed by atoms with van der Waals surface area (Å²) in [5, 5.41) is 9.61. The molecule has 1 aliphatic heterocycles. The minimum absolute atomic E-state index is 0.112. The van der Waals surface area contributed by atoms with E-state index in [0.717, 1.165) is 30.4 Å². The summed E-state index contributed by atoms with van der Waals surface area (Å²) in [4.78, 5) is 24.0. The van der Waals surface area contributed by atoms with Crippen LogP contribution in [0.5, 0.6) is 0 Å². The number of ether oxygens (including phenoxy) is 1. The zero-order chi connectivity index (χ0) is 17.7. The van der Waals surface area contributed by atoms with Crippen LogP contribution in [0.15, 0.2) is 12.1 Å². The molecule has 3 rings (SSSR count). The summed E-state index contributed by atoms with van der Waals surface area (Å²) in [7, 11) is 0. The molecule has 0 amide bonds. The molecule has 24 heavy (non-hydrogen) atoms. The van der Waals surface area contributed by atoms with Gasteiger partial charge in [0, 0.05) is 5.56 Å². The number of carboxylic acid groups (broad SMARTS) is 1. The molecule has 4 heteroatoms. The highest BCUT2D eigenvalue weighted by atomic mass is 16.5. The summed E-state index contributed by atoms with van der Waals surface area (Å²) in [6.45, 7) is 8.67. The lowest BCUT2D eigenvalue weighted by molar-refractivity contribution is -0.138. The highest BCUT2D eigenvalue weighted by Crippen LogP contribution is 2.50. The first-order valence-electron chi connectivity index (χ1n) is 8.71. The van der Waals surface area contributed by atoms with E-state index < -0.39 is 11.9 Å². The molecule has 1 N–H and O–H groups in total. The second-order valence-electron chi connectivity index (χ2n) is 8.45. The Morgan fingerprint density at radius 1 is 1.25 bits per heavy atom. The Morgan fingerprint density at radius 2 is 1.96 bits per heavy atom. The smallest absolute Gasteiger partial charge is 0.339 e. The lowest BCUT2D eigenvalue weighted by Gasteiger charge is -2.44. The van der Waals surface area contributed by atoms with Crippen molar-refractivity contribution in [3.63, 3.8) is 0 Å². The molecule has 0 spiro atoms. The van der Waals surface area contributed by atoms with Gasteiger partial charge in [0.05, 0.1) is 11.5 Å². The van der Waals surface area contributed by atoms with Gasteiger partial charge in [-0.05, 0) is 48.1 Å². The second-order valence-corrected chi connectivity index (χ2v) is 8.45. The quantitative estimate of drug-likeness (QED) is 0.834. The van der Waals surface area contributed by atoms with Gasteiger partial charge >= 0.3 is 11.9 Å². The highest BCUT2D eigenvalue weighted by Gasteiger charge is 2.42. The third kappa shape index (κ3) is 2.72. The number of cyclic esters (lactones) is 1. The monoisotopic (exact) mass is 330 g/mol. The minimum atomic E-state index is -0.900. The van der Waals surface area contributed by atoms with Crippen LogP contribution in [0.25, 0.3) is 0 Å². The van der Waals surface area contributed by atoms with Crippen LogP contribution in [-0.4, -0.2) is 17.0 Å². The first-order chi connectivity index (χ1) is 11.1. The van der Waals surface area contributed by atoms with Crippen LogP contribution >= 0.6 is 0 Å². The maximum absolute atomic E-state index is 12.3. The molecule has 1 aromatic carbocycles. The fraction of sp³-hybridized carbons (Fsp3) is 0.600. The van der Waals surface area contributed by atoms with Crippen molar-refractivity contribution in [1.29, 1.82) is 0 Å². The van der Waals surface area contributed by atoms with E-state index in [2.05, 4.69) is 20.8 Å². The van der Waals surface area contributed by atoms with Crippen LogP contribution in [0.4, 0.5) is 0 Å². The predicted octanol–water partition coefficient (Wildman–Crippen LogP) is 4.40. The molecule has 1 unspecified atom stereocenters. The first kappa shape index (κ1) is 17.0. The number of rotatable bonds is 3. The minimum Gasteiger partial charge on any atom is -0.481 e. The van der Waals surface area contributed by atoms with Gasteiger partial charge < -0.3 is 9.84 Å². The Kier molecular flexibility index (Phi) is 3.97. The standard InChI is InChI=1S/C20H26O4/c1-12(17(21)22)15-14(7-6-13-10-24-18(23)16(13)15)20(4)9-5-8-19(2,3)11-20/h6-7,12H,5,8-11H2,1-4H3,(H,21,22)/t12?,20-/m0/s1. The van der Waals surface area contributed by atoms with E-state index in [4.69, 9.17) is 4.74 Å². The fourth-order valence-corrected chi connectivity index (χ4v) is 4.76. The van der Waals surface area contributed by atoms with Crippen LogP contribution in [-0.2, 0) is 21.6 Å². The van der Waals surface area contributed by atoms with E-state index in [-0.39, 0.29) is 23.4 Å². The number of carbonyl (C=O) groups is 2. The molecular formula is C20H26O4. The Bertz CT molecular complexity index is 704. The Balaban J connectivity index is 2.20. The second kappa shape index (κ2) is 5.61. The van der Waals surface area contributed by atoms with E-state index >= 15 is 0 Å². The van der Waals surface area contributed by atoms with Gasteiger partial charge in [-0.2, -0.15) is 0 Å². The van der Waals surface area contributed by atoms with Gasteiger partial charge in [0.15, 0.2) is 0 Å². The molecule has 1 heterocycles. The van der Waals surface area contributed by atoms with Crippen molar-refractivity contribution in [2.75, 3.05) is 0 Å². The molecule has 2 atom stereocenters. The van der Waals surface area contributed by atoms with Crippen LogP contribution in [0.3, 0.4) is 0 Å². The summed E-state index contributed by atoms with van der Waals surface area (Å²) in [5.74, 6) is -2.00. The van der Waals surface area contributed by atoms with E-state index in [1.807, 2.05) is 12.1 Å². The molecule has 1 aliphatic carbocycles. The Labute approximate surface area is 143 Å². The molecule has 2 aliphatic rings. The summed E-state index contributed by atoms with van der Waals surface area (Å²) in [6.07, 6.45) is 4.31. The molecular weight excluding hydrogens is 304 g/mol. The van der Waals surface area contributed by atoms with E-state index in [9.17, 15) is 14.7 Å². The van der Waals surface area contributed by atoms with Crippen LogP contribution in [0, 0.1) is 5.41 Å². The van der Waals surface area contributed by atoms with Crippen LogP contribution in [0.1, 0.15) is 86.3 Å². The molecule has 0 saturated heterocycles. The molecule has 0 radical (unpaired) electrons. The summed E-state index contributed by atoms with van der Waals surface area (Å²) in [5.41, 5.74) is 3.09. The average Bonchev–Trinajstić information content (AvgIpc) is 2.86. The first-order valence-corrected chi connectivity index (χ1v) is 8.71. The SMILES string of the molecule is CC(C(=O)O)c1c([C@@]2(C)CCCC(C)(C)C2)ccc2c1C(=O)OC2. The lowest BCUT2D eigenvalue weighted by Crippen LogP contribution is -2.36. The van der Waals surface area contributed by atoms with Gasteiger partial charge in [-0.15, -0.1) is 0 Å². The molecule has 130 valence electrons. The predicted molar refractivity (Wildman–Crippen MR) is 91.2 cm³/mol. The van der Waals surface area contributed by atoms with Crippen LogP contribution in [0.2, 0.25) is 0 Å². The van der Waals surface area contributed by atoms with Gasteiger partial charge in [-0.1, -0.05) is 39.3 Å². The van der Waals surface area contributed by atoms with Gasteiger partial charge in [0.2, 0.25) is 0 Å². The summed E-state index contributed by atoms with van der Waals surface area (Å²) < 4.78 is 5.18. The number of fused-ring (bicyclic) bond motifs is 1. The summed E-state index contributed by atoms with van der Waals surface area (Å²) >= 11 is 0. The maximum atomic E-state index is 12.3. The van der Waals surface area contributed by atoms with Crippen molar-refractivity contribution >= 4 is 11.9 Å². The number of hydrogen-bond acceptors (Lipinski definition) is 3. The topological polar surface area (TPSA) is 63.6 Å². The maximum Gasteiger partial charge on any atom is 0.339 e. The number of esters is 1. The van der Waals surface area contributed by atoms with E-state index in [1.54, 1.807) is 6.92 Å². The van der Waals surface area contributed by atoms with Gasteiger partial charge in [-0.25, -0.2) is 4.79 Å². The van der Waals surface area contributed by atoms with E-state index in [1.165, 1.54) is 6.42 Å². The van der Waals surface area contributed by atoms with Crippen molar-refractivity contribution in [2.24, 2.45) is 5.41 Å². The number of aliphatic carboxylic acids is 1. The van der Waals surface area contributed by atoms with Gasteiger partial charge in [0.25, 0.3) is 0 Å². The molecule has 4 nitrogen and oxygen atoms in total. The van der Waals surface area contributed by atoms with Crippen molar-refractivity contribution in [3.05, 3.63) is 34.4 Å². The number of carboxylic acids is 1. The lowest BCUT2D eigenvalue weighted by atomic mass is 9.60. The largest absolute Gasteiger partial charge is 0.481 e. The normalized spacial score (nSPS) is 26.6.